The molecule has 0 atom stereocenters. The van der Waals surface area contributed by atoms with Crippen molar-refractivity contribution < 1.29 is 0 Å². The first kappa shape index (κ1) is 12.8. The Morgan fingerprint density at radius 1 is 1.12 bits per heavy atom. The maximum atomic E-state index is 5.88. The molecular weight excluding hydrogens is 350 g/mol. The smallest absolute Gasteiger partial charge is 0.245 e. The molecule has 0 fully saturated rings. The van der Waals surface area contributed by atoms with Crippen LogP contribution < -0.4 is 5.32 Å². The van der Waals surface area contributed by atoms with Gasteiger partial charge in [-0.25, -0.2) is 0 Å². The summed E-state index contributed by atoms with van der Waals surface area (Å²) < 4.78 is 0.758. The number of hydrogen-bond acceptors (Lipinski definition) is 4. The van der Waals surface area contributed by atoms with Crippen LogP contribution in [0.15, 0.2) is 22.7 Å². The Morgan fingerprint density at radius 3 is 2.59 bits per heavy atom. The summed E-state index contributed by atoms with van der Waals surface area (Å²) in [5.74, 6) is 0.334. The maximum absolute atomic E-state index is 5.88. The number of benzene rings is 1. The molecule has 0 saturated carbocycles. The van der Waals surface area contributed by atoms with Crippen molar-refractivity contribution in [3.8, 4) is 0 Å². The number of nitrogens with one attached hydrogen (secondary N) is 1. The van der Waals surface area contributed by atoms with Crippen LogP contribution in [0.2, 0.25) is 15.5 Å². The van der Waals surface area contributed by atoms with Crippen LogP contribution in [0.4, 0.5) is 11.5 Å². The first-order chi connectivity index (χ1) is 8.06. The molecule has 2 aromatic rings. The van der Waals surface area contributed by atoms with Crippen LogP contribution in [0, 0.1) is 0 Å². The lowest BCUT2D eigenvalue weighted by Gasteiger charge is -2.07. The van der Waals surface area contributed by atoms with E-state index in [4.69, 9.17) is 34.8 Å². The largest absolute Gasteiger partial charge is 0.337 e. The van der Waals surface area contributed by atoms with E-state index >= 15 is 0 Å². The second-order valence-corrected chi connectivity index (χ2v) is 4.93. The topological polar surface area (TPSA) is 50.7 Å². The van der Waals surface area contributed by atoms with E-state index in [0.717, 1.165) is 10.2 Å². The van der Waals surface area contributed by atoms with Gasteiger partial charge in [-0.1, -0.05) is 23.2 Å². The Kier molecular flexibility index (Phi) is 4.04. The Labute approximate surface area is 120 Å². The summed E-state index contributed by atoms with van der Waals surface area (Å²) in [5.41, 5.74) is 0.750. The fourth-order valence-electron chi connectivity index (χ4n) is 1.08. The number of rotatable bonds is 2. The lowest BCUT2D eigenvalue weighted by atomic mass is 10.3. The van der Waals surface area contributed by atoms with Crippen LogP contribution >= 0.6 is 50.7 Å². The molecule has 1 aromatic carbocycles. The normalized spacial score (nSPS) is 10.4. The molecule has 4 nitrogen and oxygen atoms in total. The number of anilines is 2. The minimum absolute atomic E-state index is 0.0185. The maximum Gasteiger partial charge on any atom is 0.245 e. The Balaban J connectivity index is 2.31. The zero-order chi connectivity index (χ0) is 12.4. The van der Waals surface area contributed by atoms with Gasteiger partial charge in [0, 0.05) is 10.2 Å². The van der Waals surface area contributed by atoms with Gasteiger partial charge in [-0.2, -0.15) is 4.98 Å². The van der Waals surface area contributed by atoms with E-state index < -0.39 is 0 Å². The molecule has 1 aromatic heterocycles. The van der Waals surface area contributed by atoms with E-state index in [1.54, 1.807) is 18.2 Å². The lowest BCUT2D eigenvalue weighted by Crippen LogP contribution is -1.98. The summed E-state index contributed by atoms with van der Waals surface area (Å²) in [7, 11) is 0. The van der Waals surface area contributed by atoms with Crippen LogP contribution in [0.1, 0.15) is 0 Å². The highest BCUT2D eigenvalue weighted by Crippen LogP contribution is 2.28. The van der Waals surface area contributed by atoms with Crippen molar-refractivity contribution in [1.29, 1.82) is 0 Å². The zero-order valence-electron chi connectivity index (χ0n) is 8.09. The molecule has 1 N–H and O–H groups in total. The van der Waals surface area contributed by atoms with Crippen molar-refractivity contribution in [2.45, 2.75) is 0 Å². The third-order valence-corrected chi connectivity index (χ3v) is 3.43. The molecule has 0 unspecified atom stereocenters. The van der Waals surface area contributed by atoms with E-state index in [-0.39, 0.29) is 10.4 Å². The van der Waals surface area contributed by atoms with Crippen molar-refractivity contribution in [2.75, 3.05) is 5.32 Å². The van der Waals surface area contributed by atoms with E-state index in [0.29, 0.717) is 10.8 Å². The van der Waals surface area contributed by atoms with Crippen molar-refractivity contribution in [3.05, 3.63) is 38.1 Å². The van der Waals surface area contributed by atoms with E-state index in [9.17, 15) is 0 Å². The summed E-state index contributed by atoms with van der Waals surface area (Å²) in [6.45, 7) is 0. The van der Waals surface area contributed by atoms with Gasteiger partial charge in [0.25, 0.3) is 0 Å². The summed E-state index contributed by atoms with van der Waals surface area (Å²) >= 11 is 20.6. The number of hydrogen-bond donors (Lipinski definition) is 1. The van der Waals surface area contributed by atoms with Crippen molar-refractivity contribution in [3.63, 3.8) is 0 Å². The van der Waals surface area contributed by atoms with Gasteiger partial charge in [0.05, 0.1) is 5.02 Å². The quantitative estimate of drug-likeness (QED) is 0.872. The fraction of sp³-hybridized carbons (Fsp3) is 0. The molecule has 0 radical (unpaired) electrons. The zero-order valence-corrected chi connectivity index (χ0v) is 11.9. The molecular formula is C9H4BrCl3N4. The predicted octanol–water partition coefficient (Wildman–Crippen LogP) is 4.34. The van der Waals surface area contributed by atoms with Crippen LogP contribution in [-0.2, 0) is 0 Å². The minimum atomic E-state index is 0.0185. The molecule has 8 heteroatoms. The van der Waals surface area contributed by atoms with Gasteiger partial charge < -0.3 is 5.32 Å². The van der Waals surface area contributed by atoms with Crippen molar-refractivity contribution >= 4 is 62.2 Å². The molecule has 0 spiro atoms. The van der Waals surface area contributed by atoms with E-state index in [1.165, 1.54) is 0 Å². The SMILES string of the molecule is Clc1nnc(Cl)c(Nc2ccc(Cl)c(Br)c2)n1. The fourth-order valence-corrected chi connectivity index (χ4v) is 1.83. The summed E-state index contributed by atoms with van der Waals surface area (Å²) in [4.78, 5) is 3.92. The first-order valence-corrected chi connectivity index (χ1v) is 6.27. The molecule has 0 saturated heterocycles. The predicted molar refractivity (Wildman–Crippen MR) is 72.3 cm³/mol. The van der Waals surface area contributed by atoms with Crippen LogP contribution in [0.3, 0.4) is 0 Å². The van der Waals surface area contributed by atoms with Gasteiger partial charge in [-0.05, 0) is 45.7 Å². The summed E-state index contributed by atoms with van der Waals surface area (Å²) in [6, 6.07) is 5.30. The van der Waals surface area contributed by atoms with E-state index in [1.807, 2.05) is 0 Å². The number of nitrogens with zero attached hydrogens (tertiary/aromatic N) is 3. The average Bonchev–Trinajstić information content (AvgIpc) is 2.29. The summed E-state index contributed by atoms with van der Waals surface area (Å²) in [6.07, 6.45) is 0. The molecule has 0 aliphatic heterocycles. The monoisotopic (exact) mass is 352 g/mol. The van der Waals surface area contributed by atoms with Crippen LogP contribution in [-0.4, -0.2) is 15.2 Å². The molecule has 1 heterocycles. The molecule has 17 heavy (non-hydrogen) atoms. The van der Waals surface area contributed by atoms with E-state index in [2.05, 4.69) is 36.4 Å². The second kappa shape index (κ2) is 5.35. The van der Waals surface area contributed by atoms with Crippen LogP contribution in [0.25, 0.3) is 0 Å². The standard InChI is InChI=1S/C9H4BrCl3N4/c10-5-3-4(1-2-6(5)11)14-8-7(12)16-17-9(13)15-8/h1-3H,(H,14,15,17). The van der Waals surface area contributed by atoms with Gasteiger partial charge in [0.1, 0.15) is 0 Å². The molecule has 0 amide bonds. The first-order valence-electron chi connectivity index (χ1n) is 4.34. The molecule has 88 valence electrons. The molecule has 2 rings (SSSR count). The Morgan fingerprint density at radius 2 is 1.88 bits per heavy atom. The van der Waals surface area contributed by atoms with Gasteiger partial charge >= 0.3 is 0 Å². The third kappa shape index (κ3) is 3.19. The molecule has 0 aliphatic carbocycles. The second-order valence-electron chi connectivity index (χ2n) is 2.97. The van der Waals surface area contributed by atoms with Crippen LogP contribution in [0.5, 0.6) is 0 Å². The van der Waals surface area contributed by atoms with Gasteiger partial charge in [0.15, 0.2) is 11.0 Å². The summed E-state index contributed by atoms with van der Waals surface area (Å²) in [5, 5.41) is 10.9. The van der Waals surface area contributed by atoms with Gasteiger partial charge in [-0.3, -0.25) is 0 Å². The highest BCUT2D eigenvalue weighted by Gasteiger charge is 2.07. The van der Waals surface area contributed by atoms with Crippen molar-refractivity contribution in [1.82, 2.24) is 15.2 Å². The van der Waals surface area contributed by atoms with Crippen molar-refractivity contribution in [2.24, 2.45) is 0 Å². The lowest BCUT2D eigenvalue weighted by molar-refractivity contribution is 0.975. The Bertz CT molecular complexity index is 564. The average molecular weight is 354 g/mol. The Hall–Kier alpha value is -0.620. The number of aromatic nitrogens is 3. The molecule has 0 aliphatic rings. The minimum Gasteiger partial charge on any atom is -0.337 e. The highest BCUT2D eigenvalue weighted by molar-refractivity contribution is 9.10. The third-order valence-electron chi connectivity index (χ3n) is 1.80. The van der Waals surface area contributed by atoms with Gasteiger partial charge in [-0.15, -0.1) is 10.2 Å². The highest BCUT2D eigenvalue weighted by atomic mass is 79.9. The molecule has 0 bridgehead atoms. The number of halogens is 4. The van der Waals surface area contributed by atoms with Gasteiger partial charge in [0.2, 0.25) is 5.28 Å².